The highest BCUT2D eigenvalue weighted by Crippen LogP contribution is 2.33. The number of hydrogen-bond acceptors (Lipinski definition) is 2. The van der Waals surface area contributed by atoms with E-state index in [2.05, 4.69) is 15.9 Å². The second-order valence-corrected chi connectivity index (χ2v) is 4.90. The van der Waals surface area contributed by atoms with Gasteiger partial charge in [0, 0.05) is 29.5 Å². The molecule has 1 amide bonds. The molecule has 1 aliphatic rings. The van der Waals surface area contributed by atoms with E-state index in [9.17, 15) is 9.18 Å². The van der Waals surface area contributed by atoms with Gasteiger partial charge in [-0.15, -0.1) is 0 Å². The van der Waals surface area contributed by atoms with E-state index in [0.29, 0.717) is 5.56 Å². The summed E-state index contributed by atoms with van der Waals surface area (Å²) in [5.41, 5.74) is 6.33. The van der Waals surface area contributed by atoms with Crippen molar-refractivity contribution >= 4 is 21.8 Å². The Bertz CT molecular complexity index is 438. The first-order valence-electron chi connectivity index (χ1n) is 4.97. The van der Waals surface area contributed by atoms with Gasteiger partial charge in [0.1, 0.15) is 5.82 Å². The first kappa shape index (κ1) is 11.5. The summed E-state index contributed by atoms with van der Waals surface area (Å²) >= 11 is 3.29. The van der Waals surface area contributed by atoms with E-state index >= 15 is 0 Å². The van der Waals surface area contributed by atoms with Gasteiger partial charge in [0.25, 0.3) is 0 Å². The van der Waals surface area contributed by atoms with E-state index < -0.39 is 0 Å². The van der Waals surface area contributed by atoms with Crippen LogP contribution in [0.25, 0.3) is 0 Å². The number of carbonyl (C=O) groups is 1. The number of rotatable bonds is 1. The van der Waals surface area contributed by atoms with Gasteiger partial charge in [-0.25, -0.2) is 4.39 Å². The van der Waals surface area contributed by atoms with Gasteiger partial charge in [-0.2, -0.15) is 0 Å². The molecule has 1 aromatic carbocycles. The van der Waals surface area contributed by atoms with Crippen molar-refractivity contribution in [2.45, 2.75) is 18.5 Å². The number of likely N-dealkylation sites (N-methyl/N-ethyl adjacent to an activating group) is 1. The van der Waals surface area contributed by atoms with Gasteiger partial charge < -0.3 is 10.6 Å². The van der Waals surface area contributed by atoms with Gasteiger partial charge in [-0.05, 0) is 18.2 Å². The third-order valence-corrected chi connectivity index (χ3v) is 3.40. The predicted octanol–water partition coefficient (Wildman–Crippen LogP) is 1.82. The van der Waals surface area contributed by atoms with Crippen LogP contribution in [-0.2, 0) is 4.79 Å². The van der Waals surface area contributed by atoms with E-state index in [1.54, 1.807) is 19.2 Å². The molecule has 5 heteroatoms. The number of amides is 1. The van der Waals surface area contributed by atoms with Crippen LogP contribution in [0, 0.1) is 5.82 Å². The number of nitrogens with zero attached hydrogens (tertiary/aromatic N) is 1. The molecule has 1 fully saturated rings. The zero-order chi connectivity index (χ0) is 11.9. The van der Waals surface area contributed by atoms with Crippen LogP contribution in [0.15, 0.2) is 22.7 Å². The Kier molecular flexibility index (Phi) is 2.99. The van der Waals surface area contributed by atoms with Gasteiger partial charge in [0.2, 0.25) is 5.91 Å². The Morgan fingerprint density at radius 2 is 2.25 bits per heavy atom. The van der Waals surface area contributed by atoms with Crippen molar-refractivity contribution in [1.82, 2.24) is 4.90 Å². The first-order chi connectivity index (χ1) is 7.50. The van der Waals surface area contributed by atoms with Crippen LogP contribution in [0.1, 0.15) is 18.0 Å². The molecule has 2 unspecified atom stereocenters. The second-order valence-electron chi connectivity index (χ2n) is 3.98. The summed E-state index contributed by atoms with van der Waals surface area (Å²) in [6.07, 6.45) is 0.271. The van der Waals surface area contributed by atoms with Crippen molar-refractivity contribution in [3.05, 3.63) is 34.1 Å². The summed E-state index contributed by atoms with van der Waals surface area (Å²) in [7, 11) is 1.65. The average molecular weight is 287 g/mol. The lowest BCUT2D eigenvalue weighted by Crippen LogP contribution is -2.31. The highest BCUT2D eigenvalue weighted by Gasteiger charge is 2.37. The summed E-state index contributed by atoms with van der Waals surface area (Å²) in [4.78, 5) is 13.0. The van der Waals surface area contributed by atoms with Crippen molar-refractivity contribution in [1.29, 1.82) is 0 Å². The Balaban J connectivity index is 2.43. The van der Waals surface area contributed by atoms with Gasteiger partial charge >= 0.3 is 0 Å². The molecule has 1 aromatic rings. The second kappa shape index (κ2) is 4.14. The maximum atomic E-state index is 13.7. The Labute approximate surface area is 102 Å². The molecule has 0 aromatic heterocycles. The van der Waals surface area contributed by atoms with Crippen molar-refractivity contribution < 1.29 is 9.18 Å². The normalized spacial score (nSPS) is 25.2. The lowest BCUT2D eigenvalue weighted by Gasteiger charge is -2.23. The Morgan fingerprint density at radius 3 is 2.81 bits per heavy atom. The van der Waals surface area contributed by atoms with E-state index in [0.717, 1.165) is 4.47 Å². The number of benzene rings is 1. The highest BCUT2D eigenvalue weighted by molar-refractivity contribution is 9.10. The number of carbonyl (C=O) groups excluding carboxylic acids is 1. The number of nitrogens with two attached hydrogens (primary N) is 1. The predicted molar refractivity (Wildman–Crippen MR) is 62.2 cm³/mol. The lowest BCUT2D eigenvalue weighted by molar-refractivity contribution is -0.127. The molecule has 86 valence electrons. The van der Waals surface area contributed by atoms with Crippen molar-refractivity contribution in [3.8, 4) is 0 Å². The molecule has 0 bridgehead atoms. The molecule has 2 rings (SSSR count). The van der Waals surface area contributed by atoms with Crippen LogP contribution in [0.3, 0.4) is 0 Å². The molecule has 0 aliphatic carbocycles. The number of hydrogen-bond donors (Lipinski definition) is 1. The van der Waals surface area contributed by atoms with Gasteiger partial charge in [-0.1, -0.05) is 15.9 Å². The quantitative estimate of drug-likeness (QED) is 0.856. The van der Waals surface area contributed by atoms with E-state index in [1.165, 1.54) is 11.0 Å². The molecular weight excluding hydrogens is 275 g/mol. The van der Waals surface area contributed by atoms with Crippen LogP contribution in [0.5, 0.6) is 0 Å². The monoisotopic (exact) mass is 286 g/mol. The number of halogens is 2. The topological polar surface area (TPSA) is 46.3 Å². The minimum absolute atomic E-state index is 0.0446. The summed E-state index contributed by atoms with van der Waals surface area (Å²) in [6.45, 7) is 0. The van der Waals surface area contributed by atoms with Gasteiger partial charge in [0.15, 0.2) is 0 Å². The first-order valence-corrected chi connectivity index (χ1v) is 5.76. The third kappa shape index (κ3) is 1.85. The fourth-order valence-corrected chi connectivity index (χ4v) is 2.46. The van der Waals surface area contributed by atoms with Crippen molar-refractivity contribution in [3.63, 3.8) is 0 Å². The van der Waals surface area contributed by atoms with E-state index in [1.807, 2.05) is 0 Å². The maximum absolute atomic E-state index is 13.7. The molecule has 16 heavy (non-hydrogen) atoms. The number of likely N-dealkylation sites (tertiary alicyclic amines) is 1. The van der Waals surface area contributed by atoms with Crippen LogP contribution in [0.2, 0.25) is 0 Å². The minimum atomic E-state index is -0.370. The Hall–Kier alpha value is -0.940. The van der Waals surface area contributed by atoms with Crippen molar-refractivity contribution in [2.75, 3.05) is 7.05 Å². The summed E-state index contributed by atoms with van der Waals surface area (Å²) in [5.74, 6) is -0.373. The van der Waals surface area contributed by atoms with Crippen LogP contribution >= 0.6 is 15.9 Å². The zero-order valence-corrected chi connectivity index (χ0v) is 10.4. The fourth-order valence-electron chi connectivity index (χ4n) is 2.08. The molecule has 2 atom stereocenters. The van der Waals surface area contributed by atoms with Crippen LogP contribution in [-0.4, -0.2) is 23.9 Å². The fraction of sp³-hybridized carbons (Fsp3) is 0.364. The van der Waals surface area contributed by atoms with E-state index in [4.69, 9.17) is 5.73 Å². The molecular formula is C11H12BrFN2O. The van der Waals surface area contributed by atoms with Gasteiger partial charge in [-0.3, -0.25) is 4.79 Å². The maximum Gasteiger partial charge on any atom is 0.224 e. The molecule has 0 spiro atoms. The molecule has 0 radical (unpaired) electrons. The molecule has 1 aliphatic heterocycles. The van der Waals surface area contributed by atoms with Crippen LogP contribution < -0.4 is 5.73 Å². The smallest absolute Gasteiger partial charge is 0.224 e. The van der Waals surface area contributed by atoms with Crippen molar-refractivity contribution in [2.24, 2.45) is 5.73 Å². The highest BCUT2D eigenvalue weighted by atomic mass is 79.9. The molecule has 1 saturated heterocycles. The summed E-state index contributed by atoms with van der Waals surface area (Å²) in [6, 6.07) is 3.96. The van der Waals surface area contributed by atoms with Crippen LogP contribution in [0.4, 0.5) is 4.39 Å². The zero-order valence-electron chi connectivity index (χ0n) is 8.78. The summed E-state index contributed by atoms with van der Waals surface area (Å²) < 4.78 is 14.5. The Morgan fingerprint density at radius 1 is 1.56 bits per heavy atom. The van der Waals surface area contributed by atoms with Gasteiger partial charge in [0.05, 0.1) is 6.04 Å². The largest absolute Gasteiger partial charge is 0.337 e. The standard InChI is InChI=1S/C11H12BrFN2O/c1-15-10(16)5-9(14)11(15)7-4-6(12)2-3-8(7)13/h2-4,9,11H,5,14H2,1H3. The average Bonchev–Trinajstić information content (AvgIpc) is 2.46. The SMILES string of the molecule is CN1C(=O)CC(N)C1c1cc(Br)ccc1F. The summed E-state index contributed by atoms with van der Waals surface area (Å²) in [5, 5.41) is 0. The molecule has 1 heterocycles. The molecule has 3 nitrogen and oxygen atoms in total. The molecule has 0 saturated carbocycles. The third-order valence-electron chi connectivity index (χ3n) is 2.90. The minimum Gasteiger partial charge on any atom is -0.337 e. The lowest BCUT2D eigenvalue weighted by atomic mass is 10.0. The molecule has 2 N–H and O–H groups in total. The van der Waals surface area contributed by atoms with E-state index in [-0.39, 0.29) is 30.2 Å².